The maximum atomic E-state index is 5.92. The predicted molar refractivity (Wildman–Crippen MR) is 47.4 cm³/mol. The van der Waals surface area contributed by atoms with Crippen LogP contribution in [-0.2, 0) is 0 Å². The van der Waals surface area contributed by atoms with E-state index in [4.69, 9.17) is 11.6 Å². The third kappa shape index (κ3) is 8.45. The molecule has 1 nitrogen and oxygen atoms in total. The number of quaternary nitrogens is 1. The summed E-state index contributed by atoms with van der Waals surface area (Å²) in [5.41, 5.74) is 0. The molecule has 0 radical (unpaired) electrons. The maximum absolute atomic E-state index is 5.92. The monoisotopic (exact) mass is 199 g/mol. The Labute approximate surface area is 81.7 Å². The fourth-order valence-electron chi connectivity index (χ4n) is 1.01. The van der Waals surface area contributed by atoms with Crippen LogP contribution in [0.4, 0.5) is 0 Å². The van der Waals surface area contributed by atoms with Crippen LogP contribution in [0.5, 0.6) is 0 Å². The summed E-state index contributed by atoms with van der Waals surface area (Å²) in [7, 11) is 6.57. The minimum absolute atomic E-state index is 0. The molecule has 0 N–H and O–H groups in total. The fraction of sp³-hybridized carbons (Fsp3) is 1.00. The van der Waals surface area contributed by atoms with Crippen LogP contribution >= 0.6 is 11.6 Å². The molecule has 2 atom stereocenters. The third-order valence-electron chi connectivity index (χ3n) is 1.62. The first-order valence-electron chi connectivity index (χ1n) is 3.77. The molecule has 2 unspecified atom stereocenters. The van der Waals surface area contributed by atoms with Gasteiger partial charge in [0.1, 0.15) is 0 Å². The minimum atomic E-state index is 0. The van der Waals surface area contributed by atoms with Crippen LogP contribution in [0.3, 0.4) is 0 Å². The van der Waals surface area contributed by atoms with Crippen molar-refractivity contribution in [3.05, 3.63) is 0 Å². The zero-order chi connectivity index (χ0) is 8.36. The molecule has 0 saturated heterocycles. The number of alkyl halides is 1. The average molecular weight is 200 g/mol. The SMILES string of the molecule is CC(Cl)C(C)C[N+](C)(C)C.[Cl-]. The van der Waals surface area contributed by atoms with Gasteiger partial charge in [-0.3, -0.25) is 0 Å². The van der Waals surface area contributed by atoms with Gasteiger partial charge in [-0.2, -0.15) is 0 Å². The van der Waals surface area contributed by atoms with Crippen molar-refractivity contribution in [2.24, 2.45) is 5.92 Å². The zero-order valence-electron chi connectivity index (χ0n) is 8.06. The number of halogens is 2. The number of nitrogens with zero attached hydrogens (tertiary/aromatic N) is 1. The number of hydrogen-bond donors (Lipinski definition) is 0. The van der Waals surface area contributed by atoms with Gasteiger partial charge >= 0.3 is 0 Å². The molecule has 0 spiro atoms. The fourth-order valence-corrected chi connectivity index (χ4v) is 1.09. The van der Waals surface area contributed by atoms with E-state index < -0.39 is 0 Å². The third-order valence-corrected chi connectivity index (χ3v) is 2.05. The molecule has 0 fully saturated rings. The molecule has 0 heterocycles. The molecule has 0 aromatic heterocycles. The van der Waals surface area contributed by atoms with Crippen LogP contribution in [0.15, 0.2) is 0 Å². The Kier molecular flexibility index (Phi) is 6.70. The molecule has 3 heteroatoms. The summed E-state index contributed by atoms with van der Waals surface area (Å²) in [4.78, 5) is 0. The molecule has 0 aliphatic heterocycles. The van der Waals surface area contributed by atoms with Crippen molar-refractivity contribution in [2.75, 3.05) is 27.7 Å². The van der Waals surface area contributed by atoms with Gasteiger partial charge in [-0.25, -0.2) is 0 Å². The van der Waals surface area contributed by atoms with E-state index in [1.165, 1.54) is 0 Å². The molecule has 0 aromatic carbocycles. The van der Waals surface area contributed by atoms with Gasteiger partial charge in [0.25, 0.3) is 0 Å². The van der Waals surface area contributed by atoms with Crippen LogP contribution in [0.1, 0.15) is 13.8 Å². The Morgan fingerprint density at radius 1 is 1.18 bits per heavy atom. The molecular formula is C8H19Cl2N. The van der Waals surface area contributed by atoms with Gasteiger partial charge in [0.15, 0.2) is 0 Å². The summed E-state index contributed by atoms with van der Waals surface area (Å²) in [6.07, 6.45) is 0. The Morgan fingerprint density at radius 2 is 1.55 bits per heavy atom. The largest absolute Gasteiger partial charge is 1.00 e. The lowest BCUT2D eigenvalue weighted by Gasteiger charge is -2.28. The first-order valence-corrected chi connectivity index (χ1v) is 4.21. The quantitative estimate of drug-likeness (QED) is 0.403. The molecule has 0 aromatic rings. The van der Waals surface area contributed by atoms with Gasteiger partial charge in [0, 0.05) is 11.3 Å². The highest BCUT2D eigenvalue weighted by atomic mass is 35.5. The normalized spacial score (nSPS) is 16.9. The molecule has 11 heavy (non-hydrogen) atoms. The lowest BCUT2D eigenvalue weighted by molar-refractivity contribution is -0.873. The van der Waals surface area contributed by atoms with Gasteiger partial charge in [-0.1, -0.05) is 6.92 Å². The minimum Gasteiger partial charge on any atom is -1.00 e. The lowest BCUT2D eigenvalue weighted by atomic mass is 10.1. The summed E-state index contributed by atoms with van der Waals surface area (Å²) in [6.45, 7) is 5.40. The van der Waals surface area contributed by atoms with Gasteiger partial charge in [-0.05, 0) is 6.92 Å². The van der Waals surface area contributed by atoms with Crippen molar-refractivity contribution >= 4 is 11.6 Å². The van der Waals surface area contributed by atoms with Crippen LogP contribution in [0.2, 0.25) is 0 Å². The molecular weight excluding hydrogens is 181 g/mol. The van der Waals surface area contributed by atoms with Crippen molar-refractivity contribution in [3.8, 4) is 0 Å². The molecule has 0 aliphatic rings. The average Bonchev–Trinajstić information content (AvgIpc) is 1.60. The molecule has 0 rings (SSSR count). The van der Waals surface area contributed by atoms with Crippen LogP contribution in [0, 0.1) is 5.92 Å². The van der Waals surface area contributed by atoms with Crippen molar-refractivity contribution in [1.82, 2.24) is 0 Å². The first-order chi connectivity index (χ1) is 4.33. The second-order valence-electron chi connectivity index (χ2n) is 4.13. The first kappa shape index (κ1) is 14.1. The summed E-state index contributed by atoms with van der Waals surface area (Å²) in [6, 6.07) is 0. The topological polar surface area (TPSA) is 0 Å². The number of rotatable bonds is 3. The van der Waals surface area contributed by atoms with E-state index in [0.29, 0.717) is 5.92 Å². The molecule has 0 amide bonds. The Bertz CT molecular complexity index is 96.8. The predicted octanol–water partition coefficient (Wildman–Crippen LogP) is -1.04. The highest BCUT2D eigenvalue weighted by Gasteiger charge is 2.17. The molecule has 0 bridgehead atoms. The van der Waals surface area contributed by atoms with Gasteiger partial charge in [0.2, 0.25) is 0 Å². The van der Waals surface area contributed by atoms with Crippen LogP contribution in [-0.4, -0.2) is 37.5 Å². The summed E-state index contributed by atoms with van der Waals surface area (Å²) >= 11 is 5.92. The van der Waals surface area contributed by atoms with Crippen molar-refractivity contribution < 1.29 is 16.9 Å². The zero-order valence-corrected chi connectivity index (χ0v) is 9.58. The van der Waals surface area contributed by atoms with E-state index in [2.05, 4.69) is 35.0 Å². The van der Waals surface area contributed by atoms with Gasteiger partial charge < -0.3 is 16.9 Å². The second-order valence-corrected chi connectivity index (χ2v) is 4.82. The summed E-state index contributed by atoms with van der Waals surface area (Å²) in [5, 5.41) is 0.289. The molecule has 0 aliphatic carbocycles. The summed E-state index contributed by atoms with van der Waals surface area (Å²) < 4.78 is 0.998. The van der Waals surface area contributed by atoms with Crippen LogP contribution in [0.25, 0.3) is 0 Å². The highest BCUT2D eigenvalue weighted by molar-refractivity contribution is 6.20. The number of hydrogen-bond acceptors (Lipinski definition) is 0. The molecule has 0 saturated carbocycles. The van der Waals surface area contributed by atoms with Crippen molar-refractivity contribution in [1.29, 1.82) is 0 Å². The van der Waals surface area contributed by atoms with E-state index in [9.17, 15) is 0 Å². The van der Waals surface area contributed by atoms with E-state index in [0.717, 1.165) is 11.0 Å². The Balaban J connectivity index is 0. The van der Waals surface area contributed by atoms with E-state index >= 15 is 0 Å². The van der Waals surface area contributed by atoms with Gasteiger partial charge in [-0.15, -0.1) is 11.6 Å². The lowest BCUT2D eigenvalue weighted by Crippen LogP contribution is -3.00. The van der Waals surface area contributed by atoms with Crippen molar-refractivity contribution in [2.45, 2.75) is 19.2 Å². The van der Waals surface area contributed by atoms with E-state index in [1.54, 1.807) is 0 Å². The molecule has 70 valence electrons. The highest BCUT2D eigenvalue weighted by Crippen LogP contribution is 2.11. The van der Waals surface area contributed by atoms with E-state index in [-0.39, 0.29) is 17.8 Å². The van der Waals surface area contributed by atoms with Gasteiger partial charge in [0.05, 0.1) is 27.7 Å². The van der Waals surface area contributed by atoms with Crippen molar-refractivity contribution in [3.63, 3.8) is 0 Å². The van der Waals surface area contributed by atoms with E-state index in [1.807, 2.05) is 0 Å². The standard InChI is InChI=1S/C8H19ClN.ClH/c1-7(8(2)9)6-10(3,4)5;/h7-8H,6H2,1-5H3;1H/q+1;/p-1. The maximum Gasteiger partial charge on any atom is 0.0820 e. The summed E-state index contributed by atoms with van der Waals surface area (Å²) in [5.74, 6) is 0.599. The smallest absolute Gasteiger partial charge is 0.0820 e. The Hall–Kier alpha value is 0.540. The van der Waals surface area contributed by atoms with Crippen LogP contribution < -0.4 is 12.4 Å². The Morgan fingerprint density at radius 3 is 1.64 bits per heavy atom. The second kappa shape index (κ2) is 5.23.